The first-order chi connectivity index (χ1) is 17.0. The maximum atomic E-state index is 13.7. The molecule has 3 N–H and O–H groups in total. The Bertz CT molecular complexity index is 1340. The second kappa shape index (κ2) is 11.1. The average Bonchev–Trinajstić information content (AvgIpc) is 3.52. The van der Waals surface area contributed by atoms with E-state index in [2.05, 4.69) is 21.2 Å². The van der Waals surface area contributed by atoms with Gasteiger partial charge in [0, 0.05) is 5.38 Å². The number of furan rings is 1. The van der Waals surface area contributed by atoms with Crippen molar-refractivity contribution in [3.63, 3.8) is 0 Å². The Hall–Kier alpha value is -4.51. The van der Waals surface area contributed by atoms with Crippen LogP contribution in [0.15, 0.2) is 76.5 Å². The summed E-state index contributed by atoms with van der Waals surface area (Å²) in [6.07, 6.45) is -0.152. The number of thiazole rings is 1. The van der Waals surface area contributed by atoms with Crippen LogP contribution in [-0.4, -0.2) is 22.7 Å². The third kappa shape index (κ3) is 6.51. The highest BCUT2D eigenvalue weighted by Gasteiger charge is 2.16. The average molecular weight is 495 g/mol. The van der Waals surface area contributed by atoms with Crippen LogP contribution < -0.4 is 20.9 Å². The molecule has 3 amide bonds. The Balaban J connectivity index is 1.23. The van der Waals surface area contributed by atoms with Crippen molar-refractivity contribution in [2.75, 3.05) is 5.32 Å². The Morgan fingerprint density at radius 3 is 2.51 bits per heavy atom. The van der Waals surface area contributed by atoms with Crippen LogP contribution in [0, 0.1) is 5.82 Å². The second-order valence-corrected chi connectivity index (χ2v) is 7.98. The number of nitrogens with zero attached hydrogens (tertiary/aromatic N) is 1. The largest absolute Gasteiger partial charge is 0.486 e. The number of hydrogen-bond donors (Lipinski definition) is 3. The van der Waals surface area contributed by atoms with Gasteiger partial charge in [0.1, 0.15) is 23.9 Å². The van der Waals surface area contributed by atoms with E-state index in [0.29, 0.717) is 17.2 Å². The molecule has 35 heavy (non-hydrogen) atoms. The normalized spacial score (nSPS) is 10.4. The molecule has 4 rings (SSSR count). The van der Waals surface area contributed by atoms with Crippen molar-refractivity contribution in [3.05, 3.63) is 101 Å². The summed E-state index contributed by atoms with van der Waals surface area (Å²) >= 11 is 1.09. The summed E-state index contributed by atoms with van der Waals surface area (Å²) in [5.74, 6) is -1.35. The van der Waals surface area contributed by atoms with Crippen molar-refractivity contribution >= 4 is 34.2 Å². The van der Waals surface area contributed by atoms with Gasteiger partial charge in [-0.05, 0) is 36.4 Å². The number of rotatable bonds is 8. The zero-order valence-electron chi connectivity index (χ0n) is 18.1. The lowest BCUT2D eigenvalue weighted by Crippen LogP contribution is -2.42. The molecule has 0 radical (unpaired) electrons. The summed E-state index contributed by atoms with van der Waals surface area (Å²) in [5.41, 5.74) is 4.79. The highest BCUT2D eigenvalue weighted by molar-refractivity contribution is 7.14. The first-order valence-electron chi connectivity index (χ1n) is 10.3. The van der Waals surface area contributed by atoms with Crippen LogP contribution in [0.5, 0.6) is 5.75 Å². The molecule has 2 aromatic heterocycles. The monoisotopic (exact) mass is 494 g/mol. The molecule has 11 heteroatoms. The number of aromatic nitrogens is 1. The van der Waals surface area contributed by atoms with Gasteiger partial charge >= 0.3 is 5.91 Å². The fourth-order valence-electron chi connectivity index (χ4n) is 2.90. The van der Waals surface area contributed by atoms with Gasteiger partial charge in [-0.15, -0.1) is 11.3 Å². The molecule has 0 aliphatic rings. The topological polar surface area (TPSA) is 123 Å². The van der Waals surface area contributed by atoms with Crippen molar-refractivity contribution in [3.8, 4) is 5.75 Å². The van der Waals surface area contributed by atoms with Crippen molar-refractivity contribution < 1.29 is 27.9 Å². The van der Waals surface area contributed by atoms with E-state index in [1.165, 1.54) is 24.3 Å². The molecule has 2 aromatic carbocycles. The molecule has 0 aliphatic heterocycles. The van der Waals surface area contributed by atoms with Crippen molar-refractivity contribution in [2.45, 2.75) is 13.0 Å². The molecular weight excluding hydrogens is 475 g/mol. The molecule has 0 fully saturated rings. The number of para-hydroxylation sites is 1. The number of nitrogens with one attached hydrogen (secondary N) is 3. The maximum Gasteiger partial charge on any atom is 0.305 e. The quantitative estimate of drug-likeness (QED) is 0.321. The minimum Gasteiger partial charge on any atom is -0.486 e. The molecule has 0 bridgehead atoms. The van der Waals surface area contributed by atoms with Crippen LogP contribution in [-0.2, 0) is 17.8 Å². The highest BCUT2D eigenvalue weighted by Crippen LogP contribution is 2.18. The Kier molecular flexibility index (Phi) is 7.48. The number of ether oxygens (including phenoxy) is 1. The molecule has 9 nitrogen and oxygen atoms in total. The first-order valence-corrected chi connectivity index (χ1v) is 11.2. The molecule has 0 aliphatic carbocycles. The summed E-state index contributed by atoms with van der Waals surface area (Å²) < 4.78 is 24.7. The van der Waals surface area contributed by atoms with E-state index in [1.54, 1.807) is 29.6 Å². The lowest BCUT2D eigenvalue weighted by molar-refractivity contribution is -0.121. The number of hydrogen-bond acceptors (Lipinski definition) is 7. The Labute approximate surface area is 202 Å². The minimum atomic E-state index is -0.649. The van der Waals surface area contributed by atoms with E-state index in [4.69, 9.17) is 9.15 Å². The number of amides is 3. The maximum absolute atomic E-state index is 13.7. The van der Waals surface area contributed by atoms with Gasteiger partial charge in [-0.1, -0.05) is 30.3 Å². The number of halogens is 1. The zero-order valence-corrected chi connectivity index (χ0v) is 18.9. The summed E-state index contributed by atoms with van der Waals surface area (Å²) in [6, 6.07) is 17.8. The van der Waals surface area contributed by atoms with Crippen molar-refractivity contribution in [2.24, 2.45) is 0 Å². The number of anilines is 1. The Morgan fingerprint density at radius 1 is 0.943 bits per heavy atom. The van der Waals surface area contributed by atoms with E-state index >= 15 is 0 Å². The smallest absolute Gasteiger partial charge is 0.305 e. The predicted molar refractivity (Wildman–Crippen MR) is 125 cm³/mol. The van der Waals surface area contributed by atoms with E-state index < -0.39 is 23.5 Å². The van der Waals surface area contributed by atoms with Crippen LogP contribution >= 0.6 is 11.3 Å². The molecule has 0 spiro atoms. The van der Waals surface area contributed by atoms with Crippen LogP contribution in [0.2, 0.25) is 0 Å². The third-order valence-corrected chi connectivity index (χ3v) is 5.36. The second-order valence-electron chi connectivity index (χ2n) is 7.12. The van der Waals surface area contributed by atoms with Gasteiger partial charge in [0.15, 0.2) is 10.9 Å². The SMILES string of the molecule is O=C(Cc1csc(NC(=O)c2ccccc2F)n1)NNC(=O)c1ccc(COc2ccccc2)o1. The summed E-state index contributed by atoms with van der Waals surface area (Å²) in [4.78, 5) is 40.7. The van der Waals surface area contributed by atoms with E-state index in [0.717, 1.165) is 11.3 Å². The molecule has 0 atom stereocenters. The summed E-state index contributed by atoms with van der Waals surface area (Å²) in [7, 11) is 0. The number of benzene rings is 2. The first kappa shape index (κ1) is 23.6. The highest BCUT2D eigenvalue weighted by atomic mass is 32.1. The van der Waals surface area contributed by atoms with Gasteiger partial charge in [0.2, 0.25) is 5.91 Å². The van der Waals surface area contributed by atoms with Gasteiger partial charge in [0.25, 0.3) is 5.91 Å². The van der Waals surface area contributed by atoms with Crippen molar-refractivity contribution in [1.29, 1.82) is 0 Å². The zero-order chi connectivity index (χ0) is 24.6. The lowest BCUT2D eigenvalue weighted by Gasteiger charge is -2.05. The van der Waals surface area contributed by atoms with Gasteiger partial charge in [0.05, 0.1) is 17.7 Å². The molecule has 0 saturated carbocycles. The fraction of sp³-hybridized carbons (Fsp3) is 0.0833. The molecule has 0 unspecified atom stereocenters. The summed E-state index contributed by atoms with van der Waals surface area (Å²) in [6.45, 7) is 0.142. The van der Waals surface area contributed by atoms with E-state index in [-0.39, 0.29) is 29.5 Å². The van der Waals surface area contributed by atoms with Crippen LogP contribution in [0.4, 0.5) is 9.52 Å². The van der Waals surface area contributed by atoms with Gasteiger partial charge in [-0.2, -0.15) is 0 Å². The molecule has 0 saturated heterocycles. The van der Waals surface area contributed by atoms with Gasteiger partial charge < -0.3 is 9.15 Å². The lowest BCUT2D eigenvalue weighted by atomic mass is 10.2. The minimum absolute atomic E-state index is 0.00348. The van der Waals surface area contributed by atoms with Crippen molar-refractivity contribution in [1.82, 2.24) is 15.8 Å². The standard InChI is InChI=1S/C24H19FN4O5S/c25-19-9-5-4-8-18(19)22(31)27-24-26-15(14-35-24)12-21(30)28-29-23(32)20-11-10-17(34-20)13-33-16-6-2-1-3-7-16/h1-11,14H,12-13H2,(H,28,30)(H,29,32)(H,26,27,31). The number of carbonyl (C=O) groups excluding carboxylic acids is 3. The fourth-order valence-corrected chi connectivity index (χ4v) is 3.61. The Morgan fingerprint density at radius 2 is 1.71 bits per heavy atom. The molecule has 4 aromatic rings. The van der Waals surface area contributed by atoms with E-state index in [1.807, 2.05) is 18.2 Å². The predicted octanol–water partition coefficient (Wildman–Crippen LogP) is 3.71. The third-order valence-electron chi connectivity index (χ3n) is 4.56. The van der Waals surface area contributed by atoms with Crippen LogP contribution in [0.25, 0.3) is 0 Å². The number of carbonyl (C=O) groups is 3. The molecular formula is C24H19FN4O5S. The number of hydrazine groups is 1. The van der Waals surface area contributed by atoms with E-state index in [9.17, 15) is 18.8 Å². The molecule has 2 heterocycles. The van der Waals surface area contributed by atoms with Crippen LogP contribution in [0.1, 0.15) is 32.4 Å². The molecule has 178 valence electrons. The van der Waals surface area contributed by atoms with Gasteiger partial charge in [-0.25, -0.2) is 9.37 Å². The van der Waals surface area contributed by atoms with Crippen LogP contribution in [0.3, 0.4) is 0 Å². The van der Waals surface area contributed by atoms with Gasteiger partial charge in [-0.3, -0.25) is 30.6 Å². The summed E-state index contributed by atoms with van der Waals surface area (Å²) in [5, 5.41) is 4.28.